The monoisotopic (exact) mass is 429 g/mol. The van der Waals surface area contributed by atoms with Crippen LogP contribution in [0.15, 0.2) is 47.4 Å². The van der Waals surface area contributed by atoms with Crippen molar-refractivity contribution in [3.63, 3.8) is 0 Å². The van der Waals surface area contributed by atoms with E-state index in [4.69, 9.17) is 0 Å². The van der Waals surface area contributed by atoms with Crippen LogP contribution in [0.5, 0.6) is 0 Å². The van der Waals surface area contributed by atoms with Gasteiger partial charge in [-0.15, -0.1) is 0 Å². The van der Waals surface area contributed by atoms with Crippen molar-refractivity contribution in [2.24, 2.45) is 0 Å². The Morgan fingerprint density at radius 2 is 1.73 bits per heavy atom. The Kier molecular flexibility index (Phi) is 6.33. The third-order valence-electron chi connectivity index (χ3n) is 4.88. The Hall–Kier alpha value is -3.04. The van der Waals surface area contributed by atoms with Crippen molar-refractivity contribution >= 4 is 33.4 Å². The predicted octanol–water partition coefficient (Wildman–Crippen LogP) is 2.63. The van der Waals surface area contributed by atoms with Crippen molar-refractivity contribution in [3.05, 3.63) is 59.2 Å². The fourth-order valence-corrected chi connectivity index (χ4v) is 4.72. The average molecular weight is 429 g/mol. The Balaban J connectivity index is 1.80. The molecular weight excluding hydrogens is 406 g/mol. The van der Waals surface area contributed by atoms with Crippen molar-refractivity contribution in [2.75, 3.05) is 18.4 Å². The second kappa shape index (κ2) is 8.76. The molecular formula is C21H23N3O5S. The maximum atomic E-state index is 12.8. The number of hydrogen-bond acceptors (Lipinski definition) is 5. The van der Waals surface area contributed by atoms with Crippen LogP contribution in [0.1, 0.15) is 57.8 Å². The minimum Gasteiger partial charge on any atom is -0.321 e. The van der Waals surface area contributed by atoms with Crippen molar-refractivity contribution in [2.45, 2.75) is 31.6 Å². The van der Waals surface area contributed by atoms with E-state index in [0.29, 0.717) is 13.1 Å². The van der Waals surface area contributed by atoms with Gasteiger partial charge in [0.25, 0.3) is 17.7 Å². The van der Waals surface area contributed by atoms with Crippen LogP contribution in [0.4, 0.5) is 5.69 Å². The number of amides is 3. The molecule has 0 saturated carbocycles. The number of sulfonamides is 1. The molecule has 2 aromatic rings. The quantitative estimate of drug-likeness (QED) is 0.627. The molecule has 0 atom stereocenters. The van der Waals surface area contributed by atoms with Gasteiger partial charge in [0.15, 0.2) is 0 Å². The van der Waals surface area contributed by atoms with E-state index in [1.54, 1.807) is 13.0 Å². The van der Waals surface area contributed by atoms with E-state index in [1.165, 1.54) is 40.7 Å². The van der Waals surface area contributed by atoms with E-state index in [-0.39, 0.29) is 27.3 Å². The van der Waals surface area contributed by atoms with Crippen LogP contribution >= 0.6 is 0 Å². The van der Waals surface area contributed by atoms with Crippen LogP contribution in [0.25, 0.3) is 0 Å². The molecule has 0 radical (unpaired) electrons. The Bertz CT molecular complexity index is 1090. The van der Waals surface area contributed by atoms with Gasteiger partial charge < -0.3 is 5.32 Å². The van der Waals surface area contributed by atoms with Gasteiger partial charge in [0.05, 0.1) is 21.7 Å². The molecule has 0 spiro atoms. The van der Waals surface area contributed by atoms with E-state index in [9.17, 15) is 22.8 Å². The predicted molar refractivity (Wildman–Crippen MR) is 112 cm³/mol. The van der Waals surface area contributed by atoms with Crippen LogP contribution in [-0.2, 0) is 10.0 Å². The third kappa shape index (κ3) is 4.12. The molecule has 1 heterocycles. The van der Waals surface area contributed by atoms with Crippen molar-refractivity contribution in [3.8, 4) is 0 Å². The van der Waals surface area contributed by atoms with Crippen molar-refractivity contribution < 1.29 is 22.8 Å². The number of imide groups is 1. The van der Waals surface area contributed by atoms with Gasteiger partial charge in [0.2, 0.25) is 10.0 Å². The van der Waals surface area contributed by atoms with Gasteiger partial charge >= 0.3 is 0 Å². The highest BCUT2D eigenvalue weighted by molar-refractivity contribution is 7.89. The fourth-order valence-electron chi connectivity index (χ4n) is 3.23. The maximum absolute atomic E-state index is 12.8. The van der Waals surface area contributed by atoms with Gasteiger partial charge in [-0.05, 0) is 42.8 Å². The SMILES string of the molecule is CCCCN(CC)S(=O)(=O)c1ccc(C(=O)Nc2cccc3c2C(=O)NC3=O)cc1. The molecule has 30 heavy (non-hydrogen) atoms. The summed E-state index contributed by atoms with van der Waals surface area (Å²) in [7, 11) is -3.63. The molecule has 2 aromatic carbocycles. The minimum absolute atomic E-state index is 0.114. The molecule has 0 saturated heterocycles. The maximum Gasteiger partial charge on any atom is 0.261 e. The second-order valence-electron chi connectivity index (χ2n) is 6.84. The molecule has 0 aromatic heterocycles. The number of hydrogen-bond donors (Lipinski definition) is 2. The number of rotatable bonds is 8. The summed E-state index contributed by atoms with van der Waals surface area (Å²) >= 11 is 0. The first kappa shape index (κ1) is 21.7. The number of anilines is 1. The largest absolute Gasteiger partial charge is 0.321 e. The van der Waals surface area contributed by atoms with Crippen LogP contribution < -0.4 is 10.6 Å². The zero-order valence-corrected chi connectivity index (χ0v) is 17.6. The molecule has 3 amide bonds. The fraction of sp³-hybridized carbons (Fsp3) is 0.286. The summed E-state index contributed by atoms with van der Waals surface area (Å²) in [6.07, 6.45) is 1.66. The zero-order valence-electron chi connectivity index (χ0n) is 16.8. The highest BCUT2D eigenvalue weighted by Crippen LogP contribution is 2.25. The Labute approximate surface area is 175 Å². The lowest BCUT2D eigenvalue weighted by molar-refractivity contribution is 0.0879. The smallest absolute Gasteiger partial charge is 0.261 e. The number of fused-ring (bicyclic) bond motifs is 1. The summed E-state index contributed by atoms with van der Waals surface area (Å²) < 4.78 is 27.0. The molecule has 158 valence electrons. The van der Waals surface area contributed by atoms with Crippen LogP contribution in [0.3, 0.4) is 0 Å². The topological polar surface area (TPSA) is 113 Å². The molecule has 3 rings (SSSR count). The summed E-state index contributed by atoms with van der Waals surface area (Å²) in [5.41, 5.74) is 0.762. The number of unbranched alkanes of at least 4 members (excludes halogenated alkanes) is 1. The molecule has 0 unspecified atom stereocenters. The van der Waals surface area contributed by atoms with Crippen molar-refractivity contribution in [1.29, 1.82) is 0 Å². The highest BCUT2D eigenvalue weighted by atomic mass is 32.2. The Morgan fingerprint density at radius 3 is 2.37 bits per heavy atom. The molecule has 1 aliphatic heterocycles. The van der Waals surface area contributed by atoms with Gasteiger partial charge in [0, 0.05) is 18.7 Å². The van der Waals surface area contributed by atoms with Crippen LogP contribution in [0.2, 0.25) is 0 Å². The molecule has 0 aliphatic carbocycles. The average Bonchev–Trinajstić information content (AvgIpc) is 3.03. The van der Waals surface area contributed by atoms with E-state index in [0.717, 1.165) is 12.8 Å². The zero-order chi connectivity index (χ0) is 21.9. The third-order valence-corrected chi connectivity index (χ3v) is 6.87. The van der Waals surface area contributed by atoms with Gasteiger partial charge in [-0.25, -0.2) is 8.42 Å². The lowest BCUT2D eigenvalue weighted by Gasteiger charge is -2.20. The van der Waals surface area contributed by atoms with E-state index >= 15 is 0 Å². The molecule has 0 bridgehead atoms. The lowest BCUT2D eigenvalue weighted by Crippen LogP contribution is -2.31. The Morgan fingerprint density at radius 1 is 1.03 bits per heavy atom. The number of nitrogens with zero attached hydrogens (tertiary/aromatic N) is 1. The molecule has 1 aliphatic rings. The summed E-state index contributed by atoms with van der Waals surface area (Å²) in [5.74, 6) is -1.60. The first-order valence-electron chi connectivity index (χ1n) is 9.69. The van der Waals surface area contributed by atoms with Gasteiger partial charge in [0.1, 0.15) is 0 Å². The first-order valence-corrected chi connectivity index (χ1v) is 11.1. The van der Waals surface area contributed by atoms with E-state index in [1.807, 2.05) is 6.92 Å². The summed E-state index contributed by atoms with van der Waals surface area (Å²) in [6.45, 7) is 4.59. The standard InChI is InChI=1S/C21H23N3O5S/c1-3-5-13-24(4-2)30(28,29)15-11-9-14(10-12-15)19(25)22-17-8-6-7-16-18(17)21(27)23-20(16)26/h6-12H,3-5,13H2,1-2H3,(H,22,25)(H,23,26,27). The number of carbonyl (C=O) groups is 3. The van der Waals surface area contributed by atoms with E-state index < -0.39 is 27.7 Å². The number of benzene rings is 2. The lowest BCUT2D eigenvalue weighted by atomic mass is 10.1. The summed E-state index contributed by atoms with van der Waals surface area (Å²) in [6, 6.07) is 10.2. The molecule has 2 N–H and O–H groups in total. The molecule has 9 heteroatoms. The first-order chi connectivity index (χ1) is 14.3. The summed E-state index contributed by atoms with van der Waals surface area (Å²) in [5, 5.41) is 4.81. The summed E-state index contributed by atoms with van der Waals surface area (Å²) in [4.78, 5) is 36.5. The van der Waals surface area contributed by atoms with Gasteiger partial charge in [-0.2, -0.15) is 4.31 Å². The number of nitrogens with one attached hydrogen (secondary N) is 2. The van der Waals surface area contributed by atoms with Crippen LogP contribution in [-0.4, -0.2) is 43.5 Å². The minimum atomic E-state index is -3.63. The number of carbonyl (C=O) groups excluding carboxylic acids is 3. The van der Waals surface area contributed by atoms with E-state index in [2.05, 4.69) is 10.6 Å². The van der Waals surface area contributed by atoms with Crippen molar-refractivity contribution in [1.82, 2.24) is 9.62 Å². The second-order valence-corrected chi connectivity index (χ2v) is 8.78. The van der Waals surface area contributed by atoms with Gasteiger partial charge in [-0.1, -0.05) is 26.3 Å². The van der Waals surface area contributed by atoms with Gasteiger partial charge in [-0.3, -0.25) is 19.7 Å². The normalized spacial score (nSPS) is 13.3. The molecule has 0 fully saturated rings. The highest BCUT2D eigenvalue weighted by Gasteiger charge is 2.30. The molecule has 8 nitrogen and oxygen atoms in total. The van der Waals surface area contributed by atoms with Crippen LogP contribution in [0, 0.1) is 0 Å².